The van der Waals surface area contributed by atoms with Gasteiger partial charge in [0.05, 0.1) is 7.11 Å². The number of ether oxygens (including phenoxy) is 1. The summed E-state index contributed by atoms with van der Waals surface area (Å²) in [5.74, 6) is 0.279. The molecule has 0 N–H and O–H groups in total. The highest BCUT2D eigenvalue weighted by molar-refractivity contribution is 5.84. The summed E-state index contributed by atoms with van der Waals surface area (Å²) in [4.78, 5) is 23.3. The molecule has 0 saturated carbocycles. The Morgan fingerprint density at radius 1 is 1.33 bits per heavy atom. The zero-order valence-corrected chi connectivity index (χ0v) is 10.4. The van der Waals surface area contributed by atoms with Crippen molar-refractivity contribution in [3.8, 4) is 5.82 Å². The number of hydrogen-bond donors (Lipinski definition) is 0. The Bertz CT molecular complexity index is 564. The van der Waals surface area contributed by atoms with Gasteiger partial charge in [-0.1, -0.05) is 13.8 Å². The maximum Gasteiger partial charge on any atom is 0.377 e. The first-order chi connectivity index (χ1) is 8.61. The highest BCUT2D eigenvalue weighted by Gasteiger charge is 2.13. The second-order valence-corrected chi connectivity index (χ2v) is 3.96. The third-order valence-electron chi connectivity index (χ3n) is 2.36. The first-order valence-corrected chi connectivity index (χ1v) is 5.44. The van der Waals surface area contributed by atoms with Crippen LogP contribution in [0.25, 0.3) is 5.82 Å². The highest BCUT2D eigenvalue weighted by Crippen LogP contribution is 2.12. The van der Waals surface area contributed by atoms with Gasteiger partial charge in [0, 0.05) is 11.8 Å². The van der Waals surface area contributed by atoms with E-state index in [-0.39, 0.29) is 11.7 Å². The molecular weight excluding hydrogens is 234 g/mol. The topological polar surface area (TPSA) is 82.8 Å². The lowest BCUT2D eigenvalue weighted by Crippen LogP contribution is -2.06. The summed E-state index contributed by atoms with van der Waals surface area (Å²) < 4.78 is 5.95. The summed E-state index contributed by atoms with van der Waals surface area (Å²) in [6.45, 7) is 4.07. The van der Waals surface area contributed by atoms with Gasteiger partial charge in [0.1, 0.15) is 12.7 Å². The number of methoxy groups -OCH3 is 1. The van der Waals surface area contributed by atoms with Crippen molar-refractivity contribution >= 4 is 5.97 Å². The van der Waals surface area contributed by atoms with Crippen LogP contribution in [0.4, 0.5) is 0 Å². The first kappa shape index (κ1) is 12.2. The minimum Gasteiger partial charge on any atom is -0.463 e. The number of esters is 1. The molecule has 2 aromatic rings. The Morgan fingerprint density at radius 2 is 2.11 bits per heavy atom. The molecule has 94 valence electrons. The Balaban J connectivity index is 2.34. The number of carbonyl (C=O) groups excluding carboxylic acids is 1. The van der Waals surface area contributed by atoms with E-state index in [0.29, 0.717) is 5.82 Å². The van der Waals surface area contributed by atoms with Crippen LogP contribution in [0.15, 0.2) is 18.7 Å². The maximum absolute atomic E-state index is 11.2. The second-order valence-electron chi connectivity index (χ2n) is 3.96. The molecule has 0 bridgehead atoms. The maximum atomic E-state index is 11.2. The molecule has 0 unspecified atom stereocenters. The number of aromatic nitrogens is 5. The SMILES string of the molecule is COC(=O)c1ncn(-c2cc(C(C)C)ncn2)n1. The molecule has 18 heavy (non-hydrogen) atoms. The molecule has 0 aliphatic heterocycles. The molecule has 2 rings (SSSR count). The first-order valence-electron chi connectivity index (χ1n) is 5.44. The molecule has 0 radical (unpaired) electrons. The number of nitrogens with zero attached hydrogens (tertiary/aromatic N) is 5. The quantitative estimate of drug-likeness (QED) is 0.751. The minimum absolute atomic E-state index is 0.00205. The molecule has 0 atom stereocenters. The molecule has 0 fully saturated rings. The molecule has 0 amide bonds. The largest absolute Gasteiger partial charge is 0.463 e. The van der Waals surface area contributed by atoms with E-state index in [1.54, 1.807) is 6.07 Å². The van der Waals surface area contributed by atoms with E-state index in [1.165, 1.54) is 24.4 Å². The predicted octanol–water partition coefficient (Wildman–Crippen LogP) is 0.967. The van der Waals surface area contributed by atoms with Crippen molar-refractivity contribution in [1.29, 1.82) is 0 Å². The summed E-state index contributed by atoms with van der Waals surface area (Å²) in [6.07, 6.45) is 2.88. The predicted molar refractivity (Wildman–Crippen MR) is 62.4 cm³/mol. The third kappa shape index (κ3) is 2.34. The molecule has 7 nitrogen and oxygen atoms in total. The van der Waals surface area contributed by atoms with Crippen LogP contribution in [0.5, 0.6) is 0 Å². The van der Waals surface area contributed by atoms with Crippen molar-refractivity contribution in [3.05, 3.63) is 30.2 Å². The van der Waals surface area contributed by atoms with Crippen LogP contribution in [0, 0.1) is 0 Å². The molecule has 0 aromatic carbocycles. The lowest BCUT2D eigenvalue weighted by molar-refractivity contribution is 0.0587. The van der Waals surface area contributed by atoms with E-state index in [1.807, 2.05) is 13.8 Å². The van der Waals surface area contributed by atoms with Gasteiger partial charge in [0.2, 0.25) is 0 Å². The molecular formula is C11H13N5O2. The van der Waals surface area contributed by atoms with Crippen molar-refractivity contribution in [1.82, 2.24) is 24.7 Å². The van der Waals surface area contributed by atoms with E-state index in [9.17, 15) is 4.79 Å². The Kier molecular flexibility index (Phi) is 3.31. The van der Waals surface area contributed by atoms with E-state index in [0.717, 1.165) is 5.69 Å². The van der Waals surface area contributed by atoms with Crippen LogP contribution >= 0.6 is 0 Å². The molecule has 7 heteroatoms. The summed E-state index contributed by atoms with van der Waals surface area (Å²) >= 11 is 0. The third-order valence-corrected chi connectivity index (χ3v) is 2.36. The van der Waals surface area contributed by atoms with Gasteiger partial charge < -0.3 is 4.74 Å². The fourth-order valence-electron chi connectivity index (χ4n) is 1.36. The standard InChI is InChI=1S/C11H13N5O2/c1-7(2)8-4-9(13-5-12-8)16-6-14-10(15-16)11(17)18-3/h4-7H,1-3H3. The average molecular weight is 247 g/mol. The molecule has 0 saturated heterocycles. The van der Waals surface area contributed by atoms with Crippen molar-refractivity contribution in [2.24, 2.45) is 0 Å². The number of hydrogen-bond acceptors (Lipinski definition) is 6. The number of carbonyl (C=O) groups is 1. The molecule has 2 heterocycles. The monoisotopic (exact) mass is 247 g/mol. The molecule has 0 aliphatic carbocycles. The lowest BCUT2D eigenvalue weighted by Gasteiger charge is -2.05. The van der Waals surface area contributed by atoms with Gasteiger partial charge in [-0.2, -0.15) is 0 Å². The average Bonchev–Trinajstić information content (AvgIpc) is 2.87. The van der Waals surface area contributed by atoms with Crippen LogP contribution in [0.3, 0.4) is 0 Å². The summed E-state index contributed by atoms with van der Waals surface area (Å²) in [7, 11) is 1.28. The fraction of sp³-hybridized carbons (Fsp3) is 0.364. The van der Waals surface area contributed by atoms with Crippen molar-refractivity contribution in [2.75, 3.05) is 7.11 Å². The van der Waals surface area contributed by atoms with Gasteiger partial charge >= 0.3 is 5.97 Å². The number of rotatable bonds is 3. The Morgan fingerprint density at radius 3 is 2.78 bits per heavy atom. The van der Waals surface area contributed by atoms with E-state index in [2.05, 4.69) is 24.8 Å². The van der Waals surface area contributed by atoms with Gasteiger partial charge in [-0.15, -0.1) is 5.10 Å². The van der Waals surface area contributed by atoms with Crippen LogP contribution < -0.4 is 0 Å². The van der Waals surface area contributed by atoms with Crippen LogP contribution in [0.1, 0.15) is 36.1 Å². The van der Waals surface area contributed by atoms with Crippen LogP contribution in [0.2, 0.25) is 0 Å². The fourth-order valence-corrected chi connectivity index (χ4v) is 1.36. The zero-order valence-electron chi connectivity index (χ0n) is 10.4. The summed E-state index contributed by atoms with van der Waals surface area (Å²) in [5.41, 5.74) is 0.898. The summed E-state index contributed by atoms with van der Waals surface area (Å²) in [5, 5.41) is 3.99. The smallest absolute Gasteiger partial charge is 0.377 e. The molecule has 0 aliphatic rings. The van der Waals surface area contributed by atoms with Crippen LogP contribution in [-0.2, 0) is 4.74 Å². The zero-order chi connectivity index (χ0) is 13.1. The normalized spacial score (nSPS) is 10.7. The van der Waals surface area contributed by atoms with Crippen LogP contribution in [-0.4, -0.2) is 37.8 Å². The summed E-state index contributed by atoms with van der Waals surface area (Å²) in [6, 6.07) is 1.81. The molecule has 0 spiro atoms. The van der Waals surface area contributed by atoms with Gasteiger partial charge in [-0.05, 0) is 5.92 Å². The van der Waals surface area contributed by atoms with Gasteiger partial charge in [-0.25, -0.2) is 24.4 Å². The molecule has 2 aromatic heterocycles. The van der Waals surface area contributed by atoms with Crippen molar-refractivity contribution in [2.45, 2.75) is 19.8 Å². The van der Waals surface area contributed by atoms with Gasteiger partial charge in [-0.3, -0.25) is 0 Å². The van der Waals surface area contributed by atoms with Gasteiger partial charge in [0.15, 0.2) is 5.82 Å². The Labute approximate surface area is 104 Å². The van der Waals surface area contributed by atoms with Crippen molar-refractivity contribution in [3.63, 3.8) is 0 Å². The highest BCUT2D eigenvalue weighted by atomic mass is 16.5. The second kappa shape index (κ2) is 4.91. The van der Waals surface area contributed by atoms with Crippen molar-refractivity contribution < 1.29 is 9.53 Å². The minimum atomic E-state index is -0.577. The van der Waals surface area contributed by atoms with Gasteiger partial charge in [0.25, 0.3) is 5.82 Å². The van der Waals surface area contributed by atoms with E-state index in [4.69, 9.17) is 0 Å². The lowest BCUT2D eigenvalue weighted by atomic mass is 10.1. The Hall–Kier alpha value is -2.31. The van der Waals surface area contributed by atoms with E-state index < -0.39 is 5.97 Å². The van der Waals surface area contributed by atoms with E-state index >= 15 is 0 Å².